The molecule has 126 valence electrons. The first-order valence-electron chi connectivity index (χ1n) is 7.01. The highest BCUT2D eigenvalue weighted by molar-refractivity contribution is 6.33. The van der Waals surface area contributed by atoms with Crippen LogP contribution >= 0.6 is 11.6 Å². The Morgan fingerprint density at radius 1 is 1.17 bits per heavy atom. The molecule has 0 bridgehead atoms. The molecule has 0 aliphatic carbocycles. The molecule has 2 rings (SSSR count). The third kappa shape index (κ3) is 4.45. The average molecular weight is 352 g/mol. The third-order valence-corrected chi connectivity index (χ3v) is 3.46. The van der Waals surface area contributed by atoms with E-state index in [0.717, 1.165) is 6.07 Å². The summed E-state index contributed by atoms with van der Waals surface area (Å²) >= 11 is 5.86. The quantitative estimate of drug-likeness (QED) is 0.835. The van der Waals surface area contributed by atoms with Crippen LogP contribution < -0.4 is 10.1 Å². The van der Waals surface area contributed by atoms with Gasteiger partial charge in [-0.05, 0) is 49.4 Å². The van der Waals surface area contributed by atoms with Crippen molar-refractivity contribution in [1.82, 2.24) is 0 Å². The van der Waals surface area contributed by atoms with Gasteiger partial charge in [-0.25, -0.2) is 9.18 Å². The van der Waals surface area contributed by atoms with Crippen LogP contribution in [0, 0.1) is 5.82 Å². The van der Waals surface area contributed by atoms with E-state index in [2.05, 4.69) is 10.1 Å². The van der Waals surface area contributed by atoms with Gasteiger partial charge >= 0.3 is 5.97 Å². The van der Waals surface area contributed by atoms with Crippen molar-refractivity contribution >= 4 is 29.2 Å². The van der Waals surface area contributed by atoms with E-state index >= 15 is 0 Å². The number of carbonyl (C=O) groups excluding carboxylic acids is 2. The molecule has 0 aromatic heterocycles. The van der Waals surface area contributed by atoms with Gasteiger partial charge in [-0.15, -0.1) is 0 Å². The summed E-state index contributed by atoms with van der Waals surface area (Å²) < 4.78 is 23.1. The zero-order chi connectivity index (χ0) is 17.7. The molecular weight excluding hydrogens is 337 g/mol. The largest absolute Gasteiger partial charge is 0.481 e. The zero-order valence-electron chi connectivity index (χ0n) is 13.0. The van der Waals surface area contributed by atoms with Crippen LogP contribution in [0.1, 0.15) is 17.3 Å². The van der Waals surface area contributed by atoms with Gasteiger partial charge in [-0.3, -0.25) is 4.79 Å². The number of methoxy groups -OCH3 is 1. The van der Waals surface area contributed by atoms with E-state index in [0.29, 0.717) is 17.0 Å². The van der Waals surface area contributed by atoms with Crippen molar-refractivity contribution in [3.63, 3.8) is 0 Å². The third-order valence-electron chi connectivity index (χ3n) is 3.15. The SMILES string of the molecule is COC(=O)c1ccc(O[C@H](C)C(=O)Nc2ccc(F)cc2Cl)cc1. The van der Waals surface area contributed by atoms with E-state index in [1.165, 1.54) is 31.4 Å². The molecule has 1 atom stereocenters. The molecule has 24 heavy (non-hydrogen) atoms. The number of esters is 1. The van der Waals surface area contributed by atoms with Gasteiger partial charge in [0.15, 0.2) is 6.10 Å². The number of benzene rings is 2. The van der Waals surface area contributed by atoms with Crippen LogP contribution in [0.5, 0.6) is 5.75 Å². The molecule has 5 nitrogen and oxygen atoms in total. The van der Waals surface area contributed by atoms with Crippen LogP contribution in [0.4, 0.5) is 10.1 Å². The standard InChI is InChI=1S/C17H15ClFNO4/c1-10(16(21)20-15-8-5-12(19)9-14(15)18)24-13-6-3-11(4-7-13)17(22)23-2/h3-10H,1-2H3,(H,20,21)/t10-/m1/s1. The smallest absolute Gasteiger partial charge is 0.337 e. The molecule has 0 unspecified atom stereocenters. The van der Waals surface area contributed by atoms with Gasteiger partial charge in [-0.2, -0.15) is 0 Å². The summed E-state index contributed by atoms with van der Waals surface area (Å²) in [6.07, 6.45) is -0.824. The Morgan fingerprint density at radius 3 is 2.42 bits per heavy atom. The number of hydrogen-bond acceptors (Lipinski definition) is 4. The Kier molecular flexibility index (Phi) is 5.76. The summed E-state index contributed by atoms with van der Waals surface area (Å²) in [6.45, 7) is 1.56. The van der Waals surface area contributed by atoms with E-state index in [1.807, 2.05) is 0 Å². The molecular formula is C17H15ClFNO4. The maximum absolute atomic E-state index is 13.0. The highest BCUT2D eigenvalue weighted by Gasteiger charge is 2.16. The molecule has 0 heterocycles. The maximum Gasteiger partial charge on any atom is 0.337 e. The highest BCUT2D eigenvalue weighted by Crippen LogP contribution is 2.23. The molecule has 0 radical (unpaired) electrons. The van der Waals surface area contributed by atoms with Crippen LogP contribution in [0.3, 0.4) is 0 Å². The molecule has 0 spiro atoms. The topological polar surface area (TPSA) is 64.6 Å². The Labute approximate surface area is 143 Å². The van der Waals surface area contributed by atoms with Crippen LogP contribution in [0.25, 0.3) is 0 Å². The Morgan fingerprint density at radius 2 is 1.83 bits per heavy atom. The number of ether oxygens (including phenoxy) is 2. The molecule has 2 aromatic rings. The molecule has 0 aliphatic rings. The van der Waals surface area contributed by atoms with Crippen molar-refractivity contribution in [3.05, 3.63) is 58.9 Å². The minimum atomic E-state index is -0.824. The number of nitrogens with one attached hydrogen (secondary N) is 1. The molecule has 1 amide bonds. The van der Waals surface area contributed by atoms with Crippen molar-refractivity contribution in [1.29, 1.82) is 0 Å². The lowest BCUT2D eigenvalue weighted by Gasteiger charge is -2.15. The van der Waals surface area contributed by atoms with Gasteiger partial charge in [-0.1, -0.05) is 11.6 Å². The Balaban J connectivity index is 1.99. The van der Waals surface area contributed by atoms with E-state index in [9.17, 15) is 14.0 Å². The second-order valence-corrected chi connectivity index (χ2v) is 5.30. The maximum atomic E-state index is 13.0. The summed E-state index contributed by atoms with van der Waals surface area (Å²) in [5.74, 6) is -0.984. The van der Waals surface area contributed by atoms with Crippen molar-refractivity contribution in [2.45, 2.75) is 13.0 Å². The highest BCUT2D eigenvalue weighted by atomic mass is 35.5. The van der Waals surface area contributed by atoms with Crippen molar-refractivity contribution in [2.24, 2.45) is 0 Å². The van der Waals surface area contributed by atoms with Crippen molar-refractivity contribution < 1.29 is 23.5 Å². The van der Waals surface area contributed by atoms with Crippen molar-refractivity contribution in [3.8, 4) is 5.75 Å². The second kappa shape index (κ2) is 7.79. The number of hydrogen-bond donors (Lipinski definition) is 1. The fraction of sp³-hybridized carbons (Fsp3) is 0.176. The molecule has 0 saturated heterocycles. The number of halogens is 2. The van der Waals surface area contributed by atoms with Crippen LogP contribution in [0.15, 0.2) is 42.5 Å². The lowest BCUT2D eigenvalue weighted by molar-refractivity contribution is -0.122. The number of anilines is 1. The Hall–Kier alpha value is -2.60. The fourth-order valence-corrected chi connectivity index (χ4v) is 2.08. The molecule has 2 aromatic carbocycles. The molecule has 0 fully saturated rings. The monoisotopic (exact) mass is 351 g/mol. The van der Waals surface area contributed by atoms with Crippen LogP contribution in [-0.4, -0.2) is 25.1 Å². The van der Waals surface area contributed by atoms with Gasteiger partial charge in [0.25, 0.3) is 5.91 Å². The minimum absolute atomic E-state index is 0.0954. The van der Waals surface area contributed by atoms with Gasteiger partial charge < -0.3 is 14.8 Å². The molecule has 1 N–H and O–H groups in total. The van der Waals surface area contributed by atoms with Gasteiger partial charge in [0.2, 0.25) is 0 Å². The zero-order valence-corrected chi connectivity index (χ0v) is 13.8. The predicted molar refractivity (Wildman–Crippen MR) is 87.9 cm³/mol. The van der Waals surface area contributed by atoms with Gasteiger partial charge in [0, 0.05) is 0 Å². The van der Waals surface area contributed by atoms with E-state index in [-0.39, 0.29) is 5.02 Å². The van der Waals surface area contributed by atoms with E-state index in [1.54, 1.807) is 19.1 Å². The summed E-state index contributed by atoms with van der Waals surface area (Å²) in [5, 5.41) is 2.65. The van der Waals surface area contributed by atoms with E-state index < -0.39 is 23.8 Å². The first-order valence-corrected chi connectivity index (χ1v) is 7.39. The van der Waals surface area contributed by atoms with E-state index in [4.69, 9.17) is 16.3 Å². The lowest BCUT2D eigenvalue weighted by atomic mass is 10.2. The summed E-state index contributed by atoms with van der Waals surface area (Å²) in [6, 6.07) is 9.84. The van der Waals surface area contributed by atoms with Crippen molar-refractivity contribution in [2.75, 3.05) is 12.4 Å². The summed E-state index contributed by atoms with van der Waals surface area (Å²) in [7, 11) is 1.29. The number of rotatable bonds is 5. The van der Waals surface area contributed by atoms with Gasteiger partial charge in [0.1, 0.15) is 11.6 Å². The summed E-state index contributed by atoms with van der Waals surface area (Å²) in [4.78, 5) is 23.5. The lowest BCUT2D eigenvalue weighted by Crippen LogP contribution is -2.30. The number of carbonyl (C=O) groups is 2. The number of amides is 1. The Bertz CT molecular complexity index is 749. The normalized spacial score (nSPS) is 11.5. The second-order valence-electron chi connectivity index (χ2n) is 4.89. The van der Waals surface area contributed by atoms with Crippen LogP contribution in [-0.2, 0) is 9.53 Å². The fourth-order valence-electron chi connectivity index (χ4n) is 1.87. The first-order chi connectivity index (χ1) is 11.4. The molecule has 7 heteroatoms. The van der Waals surface area contributed by atoms with Gasteiger partial charge in [0.05, 0.1) is 23.4 Å². The summed E-state index contributed by atoms with van der Waals surface area (Å²) in [5.41, 5.74) is 0.666. The average Bonchev–Trinajstić information content (AvgIpc) is 2.57. The molecule has 0 aliphatic heterocycles. The molecule has 0 saturated carbocycles. The minimum Gasteiger partial charge on any atom is -0.481 e. The predicted octanol–water partition coefficient (Wildman–Crippen LogP) is 3.67. The van der Waals surface area contributed by atoms with Crippen LogP contribution in [0.2, 0.25) is 5.02 Å². The first kappa shape index (κ1) is 17.7.